The van der Waals surface area contributed by atoms with E-state index in [-0.39, 0.29) is 19.3 Å². The van der Waals surface area contributed by atoms with E-state index < -0.39 is 84.5 Å². The van der Waals surface area contributed by atoms with Crippen LogP contribution in [-0.4, -0.2) is 94.4 Å². The highest BCUT2D eigenvalue weighted by atomic mass is 32.2. The maximum atomic E-state index is 12.6. The van der Waals surface area contributed by atoms with Gasteiger partial charge in [-0.2, -0.15) is 11.8 Å². The van der Waals surface area contributed by atoms with Gasteiger partial charge in [-0.3, -0.25) is 28.8 Å². The van der Waals surface area contributed by atoms with Crippen LogP contribution >= 0.6 is 11.8 Å². The van der Waals surface area contributed by atoms with Gasteiger partial charge >= 0.3 is 11.9 Å². The molecule has 0 aliphatic rings. The third-order valence-electron chi connectivity index (χ3n) is 4.96. The molecule has 0 saturated carbocycles. The van der Waals surface area contributed by atoms with Crippen molar-refractivity contribution in [3.63, 3.8) is 0 Å². The van der Waals surface area contributed by atoms with Crippen LogP contribution in [0.5, 0.6) is 0 Å². The minimum absolute atomic E-state index is 0.0247. The summed E-state index contributed by atoms with van der Waals surface area (Å²) < 4.78 is 0. The summed E-state index contributed by atoms with van der Waals surface area (Å²) in [5, 5.41) is 27.4. The molecule has 0 unspecified atom stereocenters. The first-order valence-corrected chi connectivity index (χ1v) is 12.7. The molecule has 0 aromatic rings. The lowest BCUT2D eigenvalue weighted by atomic mass is 10.0. The van der Waals surface area contributed by atoms with Crippen molar-refractivity contribution in [3.8, 4) is 0 Å². The molecule has 0 aromatic carbocycles. The number of nitrogens with two attached hydrogens (primary N) is 2. The normalized spacial score (nSPS) is 14.0. The van der Waals surface area contributed by atoms with Crippen molar-refractivity contribution in [1.29, 1.82) is 0 Å². The molecule has 37 heavy (non-hydrogen) atoms. The van der Waals surface area contributed by atoms with Crippen LogP contribution in [-0.2, 0) is 33.6 Å². The summed E-state index contributed by atoms with van der Waals surface area (Å²) in [6.45, 7) is 2.59. The Labute approximate surface area is 218 Å². The molecule has 0 saturated heterocycles. The Morgan fingerprint density at radius 1 is 0.865 bits per heavy atom. The molecule has 15 nitrogen and oxygen atoms in total. The zero-order valence-electron chi connectivity index (χ0n) is 20.9. The van der Waals surface area contributed by atoms with Gasteiger partial charge in [-0.15, -0.1) is 0 Å². The maximum Gasteiger partial charge on any atom is 0.326 e. The van der Waals surface area contributed by atoms with Gasteiger partial charge in [0.25, 0.3) is 0 Å². The predicted octanol–water partition coefficient (Wildman–Crippen LogP) is -2.88. The van der Waals surface area contributed by atoms with Crippen molar-refractivity contribution in [2.24, 2.45) is 17.4 Å². The second kappa shape index (κ2) is 17.1. The standard InChI is InChI=1S/C21H36N6O9S/c1-10(2)17(27-18(32)11(22)4-5-14(23)28)20(34)24-9-15(29)25-13(8-16(30)31)19(33)26-12(21(35)36)6-7-37-3/h10-13,17H,4-9,22H2,1-3H3,(H2,23,28)(H,24,34)(H,25,29)(H,26,33)(H,27,32)(H,30,31)(H,35,36)/t11-,12-,13-,17-/m0/s1. The molecule has 0 bridgehead atoms. The SMILES string of the molecule is CSCC[C@H](NC(=O)[C@H](CC(=O)O)NC(=O)CNC(=O)[C@@H](NC(=O)[C@@H](N)CCC(N)=O)C(C)C)C(=O)O. The van der Waals surface area contributed by atoms with Crippen molar-refractivity contribution in [2.75, 3.05) is 18.6 Å². The number of carbonyl (C=O) groups excluding carboxylic acids is 5. The van der Waals surface area contributed by atoms with Gasteiger partial charge in [0.1, 0.15) is 18.1 Å². The van der Waals surface area contributed by atoms with Gasteiger partial charge in [0, 0.05) is 6.42 Å². The van der Waals surface area contributed by atoms with Crippen LogP contribution in [0.3, 0.4) is 0 Å². The number of amides is 5. The number of nitrogens with one attached hydrogen (secondary N) is 4. The quantitative estimate of drug-likeness (QED) is 0.0862. The van der Waals surface area contributed by atoms with E-state index in [0.29, 0.717) is 5.75 Å². The fourth-order valence-corrected chi connectivity index (χ4v) is 3.37. The van der Waals surface area contributed by atoms with Crippen LogP contribution in [0, 0.1) is 5.92 Å². The molecule has 0 fully saturated rings. The lowest BCUT2D eigenvalue weighted by Gasteiger charge is -2.24. The molecular weight excluding hydrogens is 512 g/mol. The Kier molecular flexibility index (Phi) is 15.6. The first kappa shape index (κ1) is 33.6. The average Bonchev–Trinajstić information content (AvgIpc) is 2.80. The monoisotopic (exact) mass is 548 g/mol. The second-order valence-corrected chi connectivity index (χ2v) is 9.44. The van der Waals surface area contributed by atoms with Crippen LogP contribution < -0.4 is 32.7 Å². The Hall–Kier alpha value is -3.40. The van der Waals surface area contributed by atoms with Gasteiger partial charge in [-0.1, -0.05) is 13.8 Å². The number of aliphatic carboxylic acids is 2. The Morgan fingerprint density at radius 3 is 1.97 bits per heavy atom. The molecule has 0 aliphatic heterocycles. The van der Waals surface area contributed by atoms with E-state index in [4.69, 9.17) is 16.6 Å². The summed E-state index contributed by atoms with van der Waals surface area (Å²) >= 11 is 1.36. The van der Waals surface area contributed by atoms with Gasteiger partial charge in [0.15, 0.2) is 0 Å². The minimum Gasteiger partial charge on any atom is -0.481 e. The van der Waals surface area contributed by atoms with Crippen molar-refractivity contribution in [1.82, 2.24) is 21.3 Å². The van der Waals surface area contributed by atoms with Crippen LogP contribution in [0.4, 0.5) is 0 Å². The highest BCUT2D eigenvalue weighted by Gasteiger charge is 2.30. The molecule has 10 N–H and O–H groups in total. The van der Waals surface area contributed by atoms with Crippen LogP contribution in [0.1, 0.15) is 39.5 Å². The molecule has 4 atom stereocenters. The average molecular weight is 549 g/mol. The van der Waals surface area contributed by atoms with Gasteiger partial charge in [0.05, 0.1) is 19.0 Å². The van der Waals surface area contributed by atoms with E-state index in [1.807, 2.05) is 0 Å². The molecule has 0 aromatic heterocycles. The number of rotatable bonds is 18. The van der Waals surface area contributed by atoms with Crippen molar-refractivity contribution in [3.05, 3.63) is 0 Å². The Balaban J connectivity index is 5.12. The molecule has 0 spiro atoms. The molecule has 0 heterocycles. The Bertz CT molecular complexity index is 854. The van der Waals surface area contributed by atoms with E-state index in [1.165, 1.54) is 11.8 Å². The zero-order valence-corrected chi connectivity index (χ0v) is 21.8. The van der Waals surface area contributed by atoms with Gasteiger partial charge in [-0.25, -0.2) is 4.79 Å². The number of carboxylic acid groups (broad SMARTS) is 2. The van der Waals surface area contributed by atoms with E-state index in [1.54, 1.807) is 20.1 Å². The lowest BCUT2D eigenvalue weighted by Crippen LogP contribution is -2.56. The summed E-state index contributed by atoms with van der Waals surface area (Å²) in [6.07, 6.45) is 0.858. The highest BCUT2D eigenvalue weighted by Crippen LogP contribution is 2.05. The van der Waals surface area contributed by atoms with Crippen LogP contribution in [0.25, 0.3) is 0 Å². The summed E-state index contributed by atoms with van der Waals surface area (Å²) in [6, 6.07) is -5.06. The van der Waals surface area contributed by atoms with E-state index in [9.17, 15) is 38.7 Å². The van der Waals surface area contributed by atoms with E-state index >= 15 is 0 Å². The summed E-state index contributed by atoms with van der Waals surface area (Å²) in [7, 11) is 0. The first-order valence-electron chi connectivity index (χ1n) is 11.3. The number of carboxylic acids is 2. The predicted molar refractivity (Wildman–Crippen MR) is 133 cm³/mol. The molecule has 0 radical (unpaired) electrons. The van der Waals surface area contributed by atoms with E-state index in [0.717, 1.165) is 0 Å². The van der Waals surface area contributed by atoms with Gasteiger partial charge in [0.2, 0.25) is 29.5 Å². The number of thioether (sulfide) groups is 1. The third-order valence-corrected chi connectivity index (χ3v) is 5.61. The van der Waals surface area contributed by atoms with Gasteiger partial charge in [-0.05, 0) is 30.8 Å². The summed E-state index contributed by atoms with van der Waals surface area (Å²) in [5.41, 5.74) is 10.7. The number of hydrogen-bond acceptors (Lipinski definition) is 9. The van der Waals surface area contributed by atoms with Crippen LogP contribution in [0.15, 0.2) is 0 Å². The highest BCUT2D eigenvalue weighted by molar-refractivity contribution is 7.98. The summed E-state index contributed by atoms with van der Waals surface area (Å²) in [5.74, 6) is -6.75. The zero-order chi connectivity index (χ0) is 28.7. The topological polar surface area (TPSA) is 260 Å². The Morgan fingerprint density at radius 2 is 1.49 bits per heavy atom. The maximum absolute atomic E-state index is 12.6. The molecule has 210 valence electrons. The first-order chi connectivity index (χ1) is 17.2. The molecule has 16 heteroatoms. The number of primary amides is 1. The second-order valence-electron chi connectivity index (χ2n) is 8.46. The molecule has 0 rings (SSSR count). The van der Waals surface area contributed by atoms with Crippen molar-refractivity contribution in [2.45, 2.75) is 63.7 Å². The minimum atomic E-state index is -1.60. The largest absolute Gasteiger partial charge is 0.481 e. The fourth-order valence-electron chi connectivity index (χ4n) is 2.90. The third kappa shape index (κ3) is 14.1. The summed E-state index contributed by atoms with van der Waals surface area (Å²) in [4.78, 5) is 83.0. The van der Waals surface area contributed by atoms with Crippen molar-refractivity contribution >= 4 is 53.2 Å². The number of carbonyl (C=O) groups is 7. The smallest absolute Gasteiger partial charge is 0.326 e. The van der Waals surface area contributed by atoms with Gasteiger partial charge < -0.3 is 42.9 Å². The molecule has 5 amide bonds. The molecular formula is C21H36N6O9S. The number of hydrogen-bond donors (Lipinski definition) is 8. The van der Waals surface area contributed by atoms with Crippen LogP contribution in [0.2, 0.25) is 0 Å². The van der Waals surface area contributed by atoms with Crippen molar-refractivity contribution < 1.29 is 43.8 Å². The fraction of sp³-hybridized carbons (Fsp3) is 0.667. The molecule has 0 aliphatic carbocycles. The lowest BCUT2D eigenvalue weighted by molar-refractivity contribution is -0.143. The van der Waals surface area contributed by atoms with E-state index in [2.05, 4.69) is 21.3 Å².